The molecule has 22 heavy (non-hydrogen) atoms. The van der Waals surface area contributed by atoms with Crippen LogP contribution < -0.4 is 16.6 Å². The van der Waals surface area contributed by atoms with Crippen molar-refractivity contribution < 1.29 is 9.59 Å². The minimum atomic E-state index is -0.589. The first-order chi connectivity index (χ1) is 10.4. The maximum Gasteiger partial charge on any atom is 0.262 e. The van der Waals surface area contributed by atoms with E-state index in [-0.39, 0.29) is 16.9 Å². The third kappa shape index (κ3) is 2.12. The van der Waals surface area contributed by atoms with Gasteiger partial charge in [0.2, 0.25) is 0 Å². The van der Waals surface area contributed by atoms with E-state index >= 15 is 0 Å². The van der Waals surface area contributed by atoms with Crippen LogP contribution in [0.3, 0.4) is 0 Å². The van der Waals surface area contributed by atoms with E-state index < -0.39 is 17.4 Å². The first-order valence-electron chi connectivity index (χ1n) is 6.64. The monoisotopic (exact) mass is 409 g/mol. The molecular formula is C15H12IN3O3. The Kier molecular flexibility index (Phi) is 3.51. The Balaban J connectivity index is 2.35. The molecule has 1 aliphatic heterocycles. The number of nitrogens with one attached hydrogen (secondary N) is 1. The Morgan fingerprint density at radius 2 is 1.91 bits per heavy atom. The van der Waals surface area contributed by atoms with Crippen LogP contribution in [0.2, 0.25) is 0 Å². The molecule has 6 nitrogen and oxygen atoms in total. The SMILES string of the molecule is CCc1cc(I)ccc1-n1c(N)c2c(cc1=O)C(=O)NC2=O. The molecule has 0 aliphatic carbocycles. The van der Waals surface area contributed by atoms with Gasteiger partial charge in [-0.2, -0.15) is 0 Å². The number of nitrogen functional groups attached to an aromatic ring is 1. The van der Waals surface area contributed by atoms with Crippen LogP contribution in [0.25, 0.3) is 5.69 Å². The topological polar surface area (TPSA) is 94.2 Å². The Morgan fingerprint density at radius 1 is 1.18 bits per heavy atom. The van der Waals surface area contributed by atoms with Crippen molar-refractivity contribution in [2.24, 2.45) is 0 Å². The Morgan fingerprint density at radius 3 is 2.59 bits per heavy atom. The maximum absolute atomic E-state index is 12.4. The number of rotatable bonds is 2. The van der Waals surface area contributed by atoms with Gasteiger partial charge in [0.1, 0.15) is 5.82 Å². The van der Waals surface area contributed by atoms with Crippen molar-refractivity contribution >= 4 is 40.2 Å². The van der Waals surface area contributed by atoms with Crippen molar-refractivity contribution in [1.29, 1.82) is 0 Å². The Labute approximate surface area is 139 Å². The smallest absolute Gasteiger partial charge is 0.262 e. The van der Waals surface area contributed by atoms with E-state index in [1.807, 2.05) is 19.1 Å². The number of halogens is 1. The molecule has 0 unspecified atom stereocenters. The molecule has 1 aromatic heterocycles. The first-order valence-corrected chi connectivity index (χ1v) is 7.72. The molecule has 2 amide bonds. The van der Waals surface area contributed by atoms with Crippen LogP contribution in [0.4, 0.5) is 5.82 Å². The molecule has 112 valence electrons. The molecule has 0 radical (unpaired) electrons. The van der Waals surface area contributed by atoms with Crippen molar-refractivity contribution in [3.8, 4) is 5.69 Å². The Hall–Kier alpha value is -2.16. The number of hydrogen-bond donors (Lipinski definition) is 2. The third-order valence-electron chi connectivity index (χ3n) is 3.62. The third-order valence-corrected chi connectivity index (χ3v) is 4.29. The number of pyridine rings is 1. The molecule has 1 aliphatic rings. The van der Waals surface area contributed by atoms with Crippen LogP contribution in [0, 0.1) is 3.57 Å². The lowest BCUT2D eigenvalue weighted by Crippen LogP contribution is -2.25. The second-order valence-corrected chi connectivity index (χ2v) is 6.15. The largest absolute Gasteiger partial charge is 0.384 e. The van der Waals surface area contributed by atoms with Crippen molar-refractivity contribution in [2.75, 3.05) is 5.73 Å². The molecule has 0 saturated carbocycles. The highest BCUT2D eigenvalue weighted by atomic mass is 127. The van der Waals surface area contributed by atoms with E-state index in [2.05, 4.69) is 27.9 Å². The molecule has 2 heterocycles. The summed E-state index contributed by atoms with van der Waals surface area (Å²) in [6.45, 7) is 1.97. The van der Waals surface area contributed by atoms with E-state index in [1.54, 1.807) is 6.07 Å². The van der Waals surface area contributed by atoms with Gasteiger partial charge in [-0.15, -0.1) is 0 Å². The molecule has 2 aromatic rings. The molecule has 0 fully saturated rings. The first kappa shape index (κ1) is 14.8. The maximum atomic E-state index is 12.4. The van der Waals surface area contributed by atoms with Gasteiger partial charge in [-0.1, -0.05) is 6.92 Å². The number of aromatic nitrogens is 1. The summed E-state index contributed by atoms with van der Waals surface area (Å²) >= 11 is 2.19. The van der Waals surface area contributed by atoms with Crippen LogP contribution in [0.5, 0.6) is 0 Å². The van der Waals surface area contributed by atoms with Crippen LogP contribution in [-0.2, 0) is 6.42 Å². The summed E-state index contributed by atoms with van der Waals surface area (Å²) in [4.78, 5) is 35.9. The normalized spacial score (nSPS) is 13.2. The van der Waals surface area contributed by atoms with E-state index in [0.717, 1.165) is 15.2 Å². The van der Waals surface area contributed by atoms with Gasteiger partial charge in [0, 0.05) is 9.64 Å². The number of carbonyl (C=O) groups is 2. The van der Waals surface area contributed by atoms with E-state index in [0.29, 0.717) is 12.1 Å². The number of hydrogen-bond acceptors (Lipinski definition) is 4. The van der Waals surface area contributed by atoms with Crippen molar-refractivity contribution in [1.82, 2.24) is 9.88 Å². The zero-order valence-corrected chi connectivity index (χ0v) is 13.8. The number of nitrogens with zero attached hydrogens (tertiary/aromatic N) is 1. The molecule has 0 spiro atoms. The second kappa shape index (κ2) is 5.24. The molecule has 1 aromatic carbocycles. The zero-order chi connectivity index (χ0) is 16.0. The molecular weight excluding hydrogens is 397 g/mol. The minimum absolute atomic E-state index is 0.0123. The van der Waals surface area contributed by atoms with Crippen LogP contribution in [0.1, 0.15) is 33.2 Å². The molecule has 0 saturated heterocycles. The average Bonchev–Trinajstić information content (AvgIpc) is 2.75. The van der Waals surface area contributed by atoms with Crippen molar-refractivity contribution in [3.63, 3.8) is 0 Å². The van der Waals surface area contributed by atoms with Gasteiger partial charge in [0.15, 0.2) is 0 Å². The number of benzene rings is 1. The molecule has 3 N–H and O–H groups in total. The van der Waals surface area contributed by atoms with Gasteiger partial charge in [-0.05, 0) is 52.8 Å². The van der Waals surface area contributed by atoms with Crippen LogP contribution in [0.15, 0.2) is 29.1 Å². The molecule has 0 atom stereocenters. The van der Waals surface area contributed by atoms with E-state index in [9.17, 15) is 14.4 Å². The van der Waals surface area contributed by atoms with Gasteiger partial charge < -0.3 is 5.73 Å². The highest BCUT2D eigenvalue weighted by molar-refractivity contribution is 14.1. The van der Waals surface area contributed by atoms with Gasteiger partial charge in [-0.3, -0.25) is 24.3 Å². The number of fused-ring (bicyclic) bond motifs is 1. The lowest BCUT2D eigenvalue weighted by Gasteiger charge is -2.15. The lowest BCUT2D eigenvalue weighted by molar-refractivity contribution is 0.0880. The number of nitrogens with two attached hydrogens (primary N) is 1. The summed E-state index contributed by atoms with van der Waals surface area (Å²) in [5.41, 5.74) is 7.25. The van der Waals surface area contributed by atoms with Crippen LogP contribution in [-0.4, -0.2) is 16.4 Å². The molecule has 0 bridgehead atoms. The lowest BCUT2D eigenvalue weighted by atomic mass is 10.1. The summed E-state index contributed by atoms with van der Waals surface area (Å²) in [5.74, 6) is -1.18. The predicted molar refractivity (Wildman–Crippen MR) is 90.3 cm³/mol. The van der Waals surface area contributed by atoms with Gasteiger partial charge in [0.25, 0.3) is 17.4 Å². The molecule has 7 heteroatoms. The summed E-state index contributed by atoms with van der Waals surface area (Å²) in [6.07, 6.45) is 0.709. The Bertz CT molecular complexity index is 886. The van der Waals surface area contributed by atoms with E-state index in [4.69, 9.17) is 5.73 Å². The number of carbonyl (C=O) groups excluding carboxylic acids is 2. The van der Waals surface area contributed by atoms with Crippen molar-refractivity contribution in [3.05, 3.63) is 54.9 Å². The molecule has 3 rings (SSSR count). The minimum Gasteiger partial charge on any atom is -0.384 e. The zero-order valence-electron chi connectivity index (χ0n) is 11.6. The standard InChI is InChI=1S/C15H12IN3O3/c1-2-7-5-8(16)3-4-10(7)19-11(20)6-9-12(13(19)17)15(22)18-14(9)21/h3-6H,2,17H2,1H3,(H,18,21,22). The number of aryl methyl sites for hydroxylation is 1. The highest BCUT2D eigenvalue weighted by Gasteiger charge is 2.32. The van der Waals surface area contributed by atoms with Crippen LogP contribution >= 0.6 is 22.6 Å². The van der Waals surface area contributed by atoms with Gasteiger partial charge in [-0.25, -0.2) is 0 Å². The quantitative estimate of drug-likeness (QED) is 0.581. The number of amides is 2. The highest BCUT2D eigenvalue weighted by Crippen LogP contribution is 2.25. The summed E-state index contributed by atoms with van der Waals surface area (Å²) in [7, 11) is 0. The fraction of sp³-hybridized carbons (Fsp3) is 0.133. The summed E-state index contributed by atoms with van der Waals surface area (Å²) in [5, 5.41) is 2.16. The predicted octanol–water partition coefficient (Wildman–Crippen LogP) is 1.47. The summed E-state index contributed by atoms with van der Waals surface area (Å²) < 4.78 is 2.32. The fourth-order valence-electron chi connectivity index (χ4n) is 2.58. The fourth-order valence-corrected chi connectivity index (χ4v) is 3.14. The number of anilines is 1. The van der Waals surface area contributed by atoms with Gasteiger partial charge in [0.05, 0.1) is 16.8 Å². The number of imide groups is 1. The summed E-state index contributed by atoms with van der Waals surface area (Å²) in [6, 6.07) is 6.77. The average molecular weight is 409 g/mol. The van der Waals surface area contributed by atoms with E-state index in [1.165, 1.54) is 4.57 Å². The van der Waals surface area contributed by atoms with Crippen molar-refractivity contribution in [2.45, 2.75) is 13.3 Å². The van der Waals surface area contributed by atoms with Gasteiger partial charge >= 0.3 is 0 Å². The second-order valence-electron chi connectivity index (χ2n) is 4.90.